The van der Waals surface area contributed by atoms with Gasteiger partial charge < -0.3 is 11.1 Å². The molecule has 1 amide bonds. The normalized spacial score (nSPS) is 30.2. The van der Waals surface area contributed by atoms with Crippen LogP contribution in [0.5, 0.6) is 0 Å². The van der Waals surface area contributed by atoms with Gasteiger partial charge in [0.05, 0.1) is 0 Å². The topological polar surface area (TPSA) is 55.1 Å². The second-order valence-electron chi connectivity index (χ2n) is 6.73. The van der Waals surface area contributed by atoms with Crippen LogP contribution in [0.2, 0.25) is 0 Å². The second-order valence-corrected chi connectivity index (χ2v) is 6.73. The second kappa shape index (κ2) is 6.74. The SMILES string of the molecule is CCC1(CNC(=O)C2CCC(CN)CC2)CCCC1. The quantitative estimate of drug-likeness (QED) is 0.804. The smallest absolute Gasteiger partial charge is 0.223 e. The van der Waals surface area contributed by atoms with E-state index in [2.05, 4.69) is 12.2 Å². The van der Waals surface area contributed by atoms with Crippen molar-refractivity contribution in [2.75, 3.05) is 13.1 Å². The number of amides is 1. The summed E-state index contributed by atoms with van der Waals surface area (Å²) in [6.07, 6.45) is 10.8. The first-order valence-electron chi connectivity index (χ1n) is 8.17. The monoisotopic (exact) mass is 266 g/mol. The fourth-order valence-electron chi connectivity index (χ4n) is 3.86. The molecule has 0 spiro atoms. The molecule has 3 N–H and O–H groups in total. The Morgan fingerprint density at radius 1 is 1.21 bits per heavy atom. The van der Waals surface area contributed by atoms with E-state index in [1.165, 1.54) is 32.1 Å². The van der Waals surface area contributed by atoms with Crippen LogP contribution < -0.4 is 11.1 Å². The minimum Gasteiger partial charge on any atom is -0.355 e. The van der Waals surface area contributed by atoms with E-state index in [9.17, 15) is 4.79 Å². The van der Waals surface area contributed by atoms with Crippen LogP contribution in [0.1, 0.15) is 64.7 Å². The number of nitrogens with two attached hydrogens (primary N) is 1. The highest BCUT2D eigenvalue weighted by molar-refractivity contribution is 5.78. The molecule has 0 bridgehead atoms. The molecule has 110 valence electrons. The molecule has 2 rings (SSSR count). The zero-order valence-corrected chi connectivity index (χ0v) is 12.4. The van der Waals surface area contributed by atoms with Crippen LogP contribution in [0.25, 0.3) is 0 Å². The van der Waals surface area contributed by atoms with Gasteiger partial charge in [-0.2, -0.15) is 0 Å². The van der Waals surface area contributed by atoms with E-state index in [0.29, 0.717) is 17.2 Å². The number of hydrogen-bond acceptors (Lipinski definition) is 2. The Bertz CT molecular complexity index is 289. The van der Waals surface area contributed by atoms with Crippen molar-refractivity contribution >= 4 is 5.91 Å². The lowest BCUT2D eigenvalue weighted by molar-refractivity contribution is -0.126. The van der Waals surface area contributed by atoms with Gasteiger partial charge in [0, 0.05) is 12.5 Å². The third-order valence-electron chi connectivity index (χ3n) is 5.60. The predicted molar refractivity (Wildman–Crippen MR) is 78.7 cm³/mol. The van der Waals surface area contributed by atoms with Crippen molar-refractivity contribution in [2.45, 2.75) is 64.7 Å². The largest absolute Gasteiger partial charge is 0.355 e. The van der Waals surface area contributed by atoms with Crippen molar-refractivity contribution < 1.29 is 4.79 Å². The van der Waals surface area contributed by atoms with E-state index in [0.717, 1.165) is 38.8 Å². The van der Waals surface area contributed by atoms with E-state index >= 15 is 0 Å². The van der Waals surface area contributed by atoms with Gasteiger partial charge in [-0.25, -0.2) is 0 Å². The van der Waals surface area contributed by atoms with Crippen LogP contribution >= 0.6 is 0 Å². The summed E-state index contributed by atoms with van der Waals surface area (Å²) in [7, 11) is 0. The number of hydrogen-bond donors (Lipinski definition) is 2. The number of nitrogens with one attached hydrogen (secondary N) is 1. The molecular formula is C16H30N2O. The molecular weight excluding hydrogens is 236 g/mol. The van der Waals surface area contributed by atoms with Crippen LogP contribution in [0, 0.1) is 17.3 Å². The first-order valence-corrected chi connectivity index (χ1v) is 8.17. The number of carbonyl (C=O) groups is 1. The highest BCUT2D eigenvalue weighted by atomic mass is 16.1. The summed E-state index contributed by atoms with van der Waals surface area (Å²) in [4.78, 5) is 12.3. The van der Waals surface area contributed by atoms with Crippen LogP contribution in [0.15, 0.2) is 0 Å². The van der Waals surface area contributed by atoms with Crippen molar-refractivity contribution in [1.82, 2.24) is 5.32 Å². The molecule has 0 unspecified atom stereocenters. The Hall–Kier alpha value is -0.570. The van der Waals surface area contributed by atoms with Gasteiger partial charge in [0.15, 0.2) is 0 Å². The summed E-state index contributed by atoms with van der Waals surface area (Å²) < 4.78 is 0. The third-order valence-corrected chi connectivity index (χ3v) is 5.60. The first-order chi connectivity index (χ1) is 9.19. The average Bonchev–Trinajstić information content (AvgIpc) is 2.94. The van der Waals surface area contributed by atoms with Crippen molar-refractivity contribution in [3.05, 3.63) is 0 Å². The highest BCUT2D eigenvalue weighted by Crippen LogP contribution is 2.40. The van der Waals surface area contributed by atoms with Gasteiger partial charge in [-0.05, 0) is 62.8 Å². The molecule has 3 heteroatoms. The maximum atomic E-state index is 12.3. The predicted octanol–water partition coefficient (Wildman–Crippen LogP) is 2.84. The summed E-state index contributed by atoms with van der Waals surface area (Å²) in [5.74, 6) is 1.20. The van der Waals surface area contributed by atoms with Crippen LogP contribution in [0.4, 0.5) is 0 Å². The van der Waals surface area contributed by atoms with Gasteiger partial charge in [-0.1, -0.05) is 19.8 Å². The fourth-order valence-corrected chi connectivity index (χ4v) is 3.86. The first kappa shape index (κ1) is 14.8. The molecule has 0 aromatic heterocycles. The molecule has 0 aromatic carbocycles. The maximum Gasteiger partial charge on any atom is 0.223 e. The van der Waals surface area contributed by atoms with E-state index in [-0.39, 0.29) is 5.92 Å². The Kier molecular flexibility index (Phi) is 5.26. The molecule has 2 aliphatic rings. The molecule has 19 heavy (non-hydrogen) atoms. The van der Waals surface area contributed by atoms with Crippen molar-refractivity contribution in [2.24, 2.45) is 23.0 Å². The fraction of sp³-hybridized carbons (Fsp3) is 0.938. The molecule has 0 aromatic rings. The minimum atomic E-state index is 0.248. The van der Waals surface area contributed by atoms with Gasteiger partial charge in [-0.3, -0.25) is 4.79 Å². The number of rotatable bonds is 5. The molecule has 0 aliphatic heterocycles. The van der Waals surface area contributed by atoms with Gasteiger partial charge in [0.2, 0.25) is 5.91 Å². The Balaban J connectivity index is 1.75. The third kappa shape index (κ3) is 3.71. The minimum absolute atomic E-state index is 0.248. The van der Waals surface area contributed by atoms with Crippen LogP contribution in [-0.2, 0) is 4.79 Å². The molecule has 0 saturated heterocycles. The molecule has 0 atom stereocenters. The standard InChI is InChI=1S/C16H30N2O/c1-2-16(9-3-4-10-16)12-18-15(19)14-7-5-13(11-17)6-8-14/h13-14H,2-12,17H2,1H3,(H,18,19). The Morgan fingerprint density at radius 2 is 1.84 bits per heavy atom. The number of carbonyl (C=O) groups excluding carboxylic acids is 1. The summed E-state index contributed by atoms with van der Waals surface area (Å²) >= 11 is 0. The lowest BCUT2D eigenvalue weighted by Crippen LogP contribution is -2.40. The zero-order chi connectivity index (χ0) is 13.7. The maximum absolute atomic E-state index is 12.3. The van der Waals surface area contributed by atoms with Crippen molar-refractivity contribution in [1.29, 1.82) is 0 Å². The summed E-state index contributed by atoms with van der Waals surface area (Å²) in [5, 5.41) is 3.25. The molecule has 2 saturated carbocycles. The molecule has 0 heterocycles. The average molecular weight is 266 g/mol. The molecule has 0 radical (unpaired) electrons. The summed E-state index contributed by atoms with van der Waals surface area (Å²) in [6, 6.07) is 0. The lowest BCUT2D eigenvalue weighted by atomic mass is 9.80. The Labute approximate surface area is 117 Å². The zero-order valence-electron chi connectivity index (χ0n) is 12.4. The van der Waals surface area contributed by atoms with Crippen molar-refractivity contribution in [3.8, 4) is 0 Å². The summed E-state index contributed by atoms with van der Waals surface area (Å²) in [5.41, 5.74) is 6.11. The van der Waals surface area contributed by atoms with Crippen LogP contribution in [-0.4, -0.2) is 19.0 Å². The van der Waals surface area contributed by atoms with Gasteiger partial charge in [0.1, 0.15) is 0 Å². The molecule has 2 aliphatic carbocycles. The van der Waals surface area contributed by atoms with E-state index in [1.807, 2.05) is 0 Å². The molecule has 3 nitrogen and oxygen atoms in total. The van der Waals surface area contributed by atoms with Crippen molar-refractivity contribution in [3.63, 3.8) is 0 Å². The van der Waals surface area contributed by atoms with Gasteiger partial charge in [-0.15, -0.1) is 0 Å². The molecule has 2 fully saturated rings. The van der Waals surface area contributed by atoms with E-state index in [4.69, 9.17) is 5.73 Å². The summed E-state index contributed by atoms with van der Waals surface area (Å²) in [6.45, 7) is 3.95. The van der Waals surface area contributed by atoms with Gasteiger partial charge in [0.25, 0.3) is 0 Å². The Morgan fingerprint density at radius 3 is 2.37 bits per heavy atom. The highest BCUT2D eigenvalue weighted by Gasteiger charge is 2.33. The lowest BCUT2D eigenvalue weighted by Gasteiger charge is -2.31. The van der Waals surface area contributed by atoms with Gasteiger partial charge >= 0.3 is 0 Å². The van der Waals surface area contributed by atoms with E-state index in [1.54, 1.807) is 0 Å². The van der Waals surface area contributed by atoms with Crippen LogP contribution in [0.3, 0.4) is 0 Å². The van der Waals surface area contributed by atoms with E-state index < -0.39 is 0 Å².